The van der Waals surface area contributed by atoms with Crippen molar-refractivity contribution in [2.24, 2.45) is 0 Å². The Labute approximate surface area is 175 Å². The van der Waals surface area contributed by atoms with Crippen molar-refractivity contribution in [3.8, 4) is 5.69 Å². The van der Waals surface area contributed by atoms with Crippen LogP contribution in [-0.2, 0) is 0 Å². The molecular weight excluding hydrogens is 395 g/mol. The highest BCUT2D eigenvalue weighted by atomic mass is 19.1. The Balaban J connectivity index is 1.66. The Morgan fingerprint density at radius 2 is 1.65 bits per heavy atom. The number of carbonyl (C=O) groups excluding carboxylic acids is 1. The maximum Gasteiger partial charge on any atom is 0.262 e. The summed E-state index contributed by atoms with van der Waals surface area (Å²) in [6.07, 6.45) is 4.58. The van der Waals surface area contributed by atoms with E-state index in [0.29, 0.717) is 17.2 Å². The Morgan fingerprint density at radius 3 is 2.48 bits per heavy atom. The molecule has 5 aromatic rings. The summed E-state index contributed by atoms with van der Waals surface area (Å²) in [4.78, 5) is 34.7. The molecule has 2 aromatic carbocycles. The molecule has 1 N–H and O–H groups in total. The molecule has 6 nitrogen and oxygen atoms in total. The fourth-order valence-corrected chi connectivity index (χ4v) is 3.51. The number of nitrogens with zero attached hydrogens (tertiary/aromatic N) is 3. The van der Waals surface area contributed by atoms with Gasteiger partial charge in [-0.2, -0.15) is 0 Å². The lowest BCUT2D eigenvalue weighted by Gasteiger charge is -2.13. The highest BCUT2D eigenvalue weighted by Gasteiger charge is 2.18. The van der Waals surface area contributed by atoms with Gasteiger partial charge in [0.15, 0.2) is 0 Å². The fraction of sp³-hybridized carbons (Fsp3) is 0. The van der Waals surface area contributed by atoms with Crippen LogP contribution in [0.25, 0.3) is 27.5 Å². The zero-order valence-electron chi connectivity index (χ0n) is 16.1. The highest BCUT2D eigenvalue weighted by molar-refractivity contribution is 6.09. The molecule has 0 aliphatic rings. The van der Waals surface area contributed by atoms with Crippen molar-refractivity contribution in [3.05, 3.63) is 107 Å². The van der Waals surface area contributed by atoms with E-state index in [1.165, 1.54) is 18.3 Å². The van der Waals surface area contributed by atoms with Crippen molar-refractivity contribution < 1.29 is 9.18 Å². The molecule has 0 atom stereocenters. The first kappa shape index (κ1) is 18.6. The molecule has 31 heavy (non-hydrogen) atoms. The number of pyridine rings is 3. The van der Waals surface area contributed by atoms with Crippen LogP contribution < -0.4 is 10.7 Å². The molecular formula is C24H15FN4O2. The van der Waals surface area contributed by atoms with E-state index in [9.17, 15) is 14.0 Å². The van der Waals surface area contributed by atoms with Crippen LogP contribution in [0.15, 0.2) is 90.1 Å². The third kappa shape index (κ3) is 3.32. The average molecular weight is 410 g/mol. The molecule has 0 radical (unpaired) electrons. The summed E-state index contributed by atoms with van der Waals surface area (Å²) in [7, 11) is 0. The van der Waals surface area contributed by atoms with E-state index >= 15 is 0 Å². The summed E-state index contributed by atoms with van der Waals surface area (Å²) in [5.74, 6) is -0.611. The first-order valence-electron chi connectivity index (χ1n) is 9.53. The lowest BCUT2D eigenvalue weighted by Crippen LogP contribution is -2.24. The number of benzene rings is 2. The van der Waals surface area contributed by atoms with E-state index in [0.717, 1.165) is 10.8 Å². The summed E-state index contributed by atoms with van der Waals surface area (Å²) in [6.45, 7) is 0. The molecule has 0 unspecified atom stereocenters. The number of fused-ring (bicyclic) bond motifs is 2. The number of aromatic nitrogens is 3. The van der Waals surface area contributed by atoms with Crippen LogP contribution in [0.3, 0.4) is 0 Å². The molecule has 150 valence electrons. The van der Waals surface area contributed by atoms with Crippen molar-refractivity contribution >= 4 is 33.5 Å². The van der Waals surface area contributed by atoms with Crippen molar-refractivity contribution in [2.45, 2.75) is 0 Å². The van der Waals surface area contributed by atoms with Crippen molar-refractivity contribution in [3.63, 3.8) is 0 Å². The summed E-state index contributed by atoms with van der Waals surface area (Å²) < 4.78 is 15.0. The highest BCUT2D eigenvalue weighted by Crippen LogP contribution is 2.21. The summed E-state index contributed by atoms with van der Waals surface area (Å²) in [5.41, 5.74) is 0.431. The van der Waals surface area contributed by atoms with Crippen LogP contribution in [0.2, 0.25) is 0 Å². The molecule has 3 heterocycles. The van der Waals surface area contributed by atoms with E-state index < -0.39 is 11.3 Å². The summed E-state index contributed by atoms with van der Waals surface area (Å²) in [6, 6.07) is 18.3. The Bertz CT molecular complexity index is 1510. The van der Waals surface area contributed by atoms with Gasteiger partial charge in [0.25, 0.3) is 5.91 Å². The molecule has 0 bridgehead atoms. The van der Waals surface area contributed by atoms with E-state index in [2.05, 4.69) is 15.3 Å². The van der Waals surface area contributed by atoms with Gasteiger partial charge in [-0.3, -0.25) is 9.59 Å². The van der Waals surface area contributed by atoms with E-state index in [4.69, 9.17) is 0 Å². The van der Waals surface area contributed by atoms with Crippen molar-refractivity contribution in [2.75, 3.05) is 5.32 Å². The van der Waals surface area contributed by atoms with Crippen molar-refractivity contribution in [1.82, 2.24) is 14.5 Å². The van der Waals surface area contributed by atoms with E-state index in [1.54, 1.807) is 41.2 Å². The molecule has 1 amide bonds. The number of nitrogens with one attached hydrogen (secondary N) is 1. The zero-order chi connectivity index (χ0) is 21.4. The largest absolute Gasteiger partial charge is 0.306 e. The van der Waals surface area contributed by atoms with Gasteiger partial charge in [0.2, 0.25) is 5.43 Å². The van der Waals surface area contributed by atoms with Gasteiger partial charge in [-0.1, -0.05) is 24.3 Å². The standard InChI is InChI=1S/C24H15FN4O2/c25-16-7-9-17(10-8-16)29-14-20(21(30)19-6-3-12-27-23(19)29)24(31)28-22-18-5-2-1-4-15(18)11-13-26-22/h1-14H,(H,26,28,31). The van der Waals surface area contributed by atoms with Crippen LogP contribution >= 0.6 is 0 Å². The van der Waals surface area contributed by atoms with E-state index in [1.807, 2.05) is 30.3 Å². The van der Waals surface area contributed by atoms with Gasteiger partial charge in [0, 0.05) is 29.7 Å². The van der Waals surface area contributed by atoms with Crippen LogP contribution in [-0.4, -0.2) is 20.4 Å². The minimum atomic E-state index is -0.588. The quantitative estimate of drug-likeness (QED) is 0.480. The number of rotatable bonds is 3. The number of halogens is 1. The maximum atomic E-state index is 13.4. The van der Waals surface area contributed by atoms with E-state index in [-0.39, 0.29) is 16.8 Å². The maximum absolute atomic E-state index is 13.4. The molecule has 0 fully saturated rings. The second-order valence-corrected chi connectivity index (χ2v) is 6.93. The van der Waals surface area contributed by atoms with Crippen LogP contribution in [0.1, 0.15) is 10.4 Å². The topological polar surface area (TPSA) is 76.9 Å². The monoisotopic (exact) mass is 410 g/mol. The molecule has 0 aliphatic carbocycles. The first-order chi connectivity index (χ1) is 15.1. The van der Waals surface area contributed by atoms with Crippen LogP contribution in [0.5, 0.6) is 0 Å². The summed E-state index contributed by atoms with van der Waals surface area (Å²) >= 11 is 0. The Kier molecular flexibility index (Phi) is 4.48. The number of carbonyl (C=O) groups is 1. The average Bonchev–Trinajstić information content (AvgIpc) is 2.80. The summed E-state index contributed by atoms with van der Waals surface area (Å²) in [5, 5.41) is 4.71. The fourth-order valence-electron chi connectivity index (χ4n) is 3.51. The minimum Gasteiger partial charge on any atom is -0.306 e. The molecule has 0 spiro atoms. The lowest BCUT2D eigenvalue weighted by molar-refractivity contribution is 0.102. The smallest absolute Gasteiger partial charge is 0.262 e. The molecule has 0 saturated carbocycles. The van der Waals surface area contributed by atoms with Gasteiger partial charge < -0.3 is 9.88 Å². The first-order valence-corrected chi connectivity index (χ1v) is 9.53. The zero-order valence-corrected chi connectivity index (χ0v) is 16.1. The Morgan fingerprint density at radius 1 is 0.871 bits per heavy atom. The van der Waals surface area contributed by atoms with Gasteiger partial charge in [0.05, 0.1) is 5.39 Å². The van der Waals surface area contributed by atoms with Crippen LogP contribution in [0.4, 0.5) is 10.2 Å². The normalized spacial score (nSPS) is 11.0. The number of hydrogen-bond donors (Lipinski definition) is 1. The van der Waals surface area contributed by atoms with Gasteiger partial charge in [-0.25, -0.2) is 14.4 Å². The number of hydrogen-bond acceptors (Lipinski definition) is 4. The molecule has 3 aromatic heterocycles. The minimum absolute atomic E-state index is 0.0699. The second-order valence-electron chi connectivity index (χ2n) is 6.93. The van der Waals surface area contributed by atoms with Gasteiger partial charge in [-0.05, 0) is 47.9 Å². The third-order valence-electron chi connectivity index (χ3n) is 5.02. The predicted octanol–water partition coefficient (Wildman–Crippen LogP) is 4.33. The number of amides is 1. The molecule has 5 rings (SSSR count). The van der Waals surface area contributed by atoms with Gasteiger partial charge in [-0.15, -0.1) is 0 Å². The second kappa shape index (κ2) is 7.46. The molecule has 0 saturated heterocycles. The van der Waals surface area contributed by atoms with Gasteiger partial charge >= 0.3 is 0 Å². The number of anilines is 1. The predicted molar refractivity (Wildman–Crippen MR) is 117 cm³/mol. The SMILES string of the molecule is O=C(Nc1nccc2ccccc12)c1cn(-c2ccc(F)cc2)c2ncccc2c1=O. The molecule has 7 heteroatoms. The third-order valence-corrected chi connectivity index (χ3v) is 5.02. The van der Waals surface area contributed by atoms with Crippen LogP contribution in [0, 0.1) is 5.82 Å². The molecule has 0 aliphatic heterocycles. The van der Waals surface area contributed by atoms with Crippen molar-refractivity contribution in [1.29, 1.82) is 0 Å². The van der Waals surface area contributed by atoms with Gasteiger partial charge in [0.1, 0.15) is 22.8 Å². The Hall–Kier alpha value is -4.39. The lowest BCUT2D eigenvalue weighted by atomic mass is 10.1.